The third kappa shape index (κ3) is 2.79. The van der Waals surface area contributed by atoms with Gasteiger partial charge in [0.05, 0.1) is 12.7 Å². The van der Waals surface area contributed by atoms with E-state index in [1.165, 1.54) is 17.5 Å². The van der Waals surface area contributed by atoms with Crippen LogP contribution in [-0.4, -0.2) is 44.3 Å². The van der Waals surface area contributed by atoms with E-state index in [-0.39, 0.29) is 0 Å². The van der Waals surface area contributed by atoms with Crippen LogP contribution in [0.1, 0.15) is 23.6 Å². The predicted octanol–water partition coefficient (Wildman–Crippen LogP) is 2.25. The maximum atomic E-state index is 6.08. The van der Waals surface area contributed by atoms with Gasteiger partial charge in [-0.15, -0.1) is 0 Å². The summed E-state index contributed by atoms with van der Waals surface area (Å²) in [5, 5.41) is 4.06. The molecular formula is C15H21ClN2O. The van der Waals surface area contributed by atoms with E-state index in [1.807, 2.05) is 13.1 Å². The molecule has 0 spiro atoms. The normalized spacial score (nSPS) is 27.5. The Bertz CT molecular complexity index is 450. The minimum Gasteiger partial charge on any atom is -0.374 e. The second kappa shape index (κ2) is 5.80. The Hall–Kier alpha value is -0.610. The van der Waals surface area contributed by atoms with Crippen molar-refractivity contribution >= 4 is 11.6 Å². The number of benzene rings is 1. The van der Waals surface area contributed by atoms with Crippen LogP contribution >= 0.6 is 11.6 Å². The number of nitrogens with one attached hydrogen (secondary N) is 1. The summed E-state index contributed by atoms with van der Waals surface area (Å²) in [5.74, 6) is 0. The molecule has 3 rings (SSSR count). The quantitative estimate of drug-likeness (QED) is 0.919. The maximum Gasteiger partial charge on any atom is 0.0826 e. The second-order valence-corrected chi connectivity index (χ2v) is 5.88. The molecule has 2 aliphatic rings. The van der Waals surface area contributed by atoms with Crippen molar-refractivity contribution in [2.24, 2.45) is 0 Å². The van der Waals surface area contributed by atoms with Crippen LogP contribution in [0.25, 0.3) is 0 Å². The molecule has 0 amide bonds. The molecule has 1 heterocycles. The lowest BCUT2D eigenvalue weighted by Gasteiger charge is -2.37. The van der Waals surface area contributed by atoms with Crippen LogP contribution in [0.2, 0.25) is 5.02 Å². The minimum absolute atomic E-state index is 0.315. The summed E-state index contributed by atoms with van der Waals surface area (Å²) in [6, 6.07) is 6.90. The molecule has 1 aromatic carbocycles. The Morgan fingerprint density at radius 3 is 3.21 bits per heavy atom. The van der Waals surface area contributed by atoms with Gasteiger partial charge in [-0.05, 0) is 43.1 Å². The Kier molecular flexibility index (Phi) is 4.08. The first-order valence-corrected chi connectivity index (χ1v) is 7.44. The Balaban J connectivity index is 1.74. The molecule has 1 fully saturated rings. The van der Waals surface area contributed by atoms with Crippen LogP contribution in [0.3, 0.4) is 0 Å². The van der Waals surface area contributed by atoms with Crippen molar-refractivity contribution in [2.75, 3.05) is 33.3 Å². The minimum atomic E-state index is 0.315. The number of nitrogens with zero attached hydrogens (tertiary/aromatic N) is 1. The van der Waals surface area contributed by atoms with Gasteiger partial charge in [-0.3, -0.25) is 4.90 Å². The molecule has 1 saturated heterocycles. The molecular weight excluding hydrogens is 260 g/mol. The fraction of sp³-hybridized carbons (Fsp3) is 0.600. The van der Waals surface area contributed by atoms with Gasteiger partial charge in [0.1, 0.15) is 0 Å². The molecule has 1 N–H and O–H groups in total. The van der Waals surface area contributed by atoms with Gasteiger partial charge in [-0.1, -0.05) is 17.7 Å². The van der Waals surface area contributed by atoms with Crippen LogP contribution in [0.5, 0.6) is 0 Å². The standard InChI is InChI=1S/C15H21ClN2O/c1-17-9-13-10-18(6-7-19-13)15-5-2-11-8-12(16)3-4-14(11)15/h3-4,8,13,15,17H,2,5-7,9-10H2,1H3. The van der Waals surface area contributed by atoms with E-state index in [0.29, 0.717) is 12.1 Å². The number of hydrogen-bond donors (Lipinski definition) is 1. The lowest BCUT2D eigenvalue weighted by atomic mass is 10.1. The van der Waals surface area contributed by atoms with Gasteiger partial charge in [0, 0.05) is 30.7 Å². The highest BCUT2D eigenvalue weighted by Crippen LogP contribution is 2.37. The third-order valence-corrected chi connectivity index (χ3v) is 4.43. The number of likely N-dealkylation sites (N-methyl/N-ethyl adjacent to an activating group) is 1. The first-order chi connectivity index (χ1) is 9.28. The molecule has 1 aromatic rings. The topological polar surface area (TPSA) is 24.5 Å². The highest BCUT2D eigenvalue weighted by atomic mass is 35.5. The van der Waals surface area contributed by atoms with E-state index in [0.717, 1.165) is 37.7 Å². The van der Waals surface area contributed by atoms with E-state index in [4.69, 9.17) is 16.3 Å². The van der Waals surface area contributed by atoms with Crippen molar-refractivity contribution in [2.45, 2.75) is 25.0 Å². The summed E-state index contributed by atoms with van der Waals surface area (Å²) < 4.78 is 5.79. The van der Waals surface area contributed by atoms with Gasteiger partial charge in [0.25, 0.3) is 0 Å². The van der Waals surface area contributed by atoms with Crippen molar-refractivity contribution in [1.82, 2.24) is 10.2 Å². The molecule has 104 valence electrons. The molecule has 1 aliphatic carbocycles. The molecule has 2 atom stereocenters. The third-order valence-electron chi connectivity index (χ3n) is 4.19. The lowest BCUT2D eigenvalue weighted by molar-refractivity contribution is -0.0415. The summed E-state index contributed by atoms with van der Waals surface area (Å²) in [6.45, 7) is 3.82. The van der Waals surface area contributed by atoms with Gasteiger partial charge >= 0.3 is 0 Å². The van der Waals surface area contributed by atoms with E-state index in [9.17, 15) is 0 Å². The van der Waals surface area contributed by atoms with Crippen LogP contribution in [0, 0.1) is 0 Å². The summed E-state index contributed by atoms with van der Waals surface area (Å²) in [7, 11) is 1.98. The number of fused-ring (bicyclic) bond motifs is 1. The first-order valence-electron chi connectivity index (χ1n) is 7.06. The van der Waals surface area contributed by atoms with Crippen LogP contribution < -0.4 is 5.32 Å². The highest BCUT2D eigenvalue weighted by Gasteiger charge is 2.31. The van der Waals surface area contributed by atoms with Crippen LogP contribution in [0.15, 0.2) is 18.2 Å². The van der Waals surface area contributed by atoms with Crippen molar-refractivity contribution in [3.05, 3.63) is 34.3 Å². The average Bonchev–Trinajstić information content (AvgIpc) is 2.82. The van der Waals surface area contributed by atoms with Crippen molar-refractivity contribution < 1.29 is 4.74 Å². The van der Waals surface area contributed by atoms with Gasteiger partial charge in [-0.25, -0.2) is 0 Å². The second-order valence-electron chi connectivity index (χ2n) is 5.44. The number of halogens is 1. The van der Waals surface area contributed by atoms with Gasteiger partial charge < -0.3 is 10.1 Å². The largest absolute Gasteiger partial charge is 0.374 e. The Labute approximate surface area is 119 Å². The molecule has 0 radical (unpaired) electrons. The average molecular weight is 281 g/mol. The lowest BCUT2D eigenvalue weighted by Crippen LogP contribution is -2.47. The maximum absolute atomic E-state index is 6.08. The molecule has 0 saturated carbocycles. The zero-order valence-electron chi connectivity index (χ0n) is 11.4. The van der Waals surface area contributed by atoms with Crippen LogP contribution in [0.4, 0.5) is 0 Å². The molecule has 2 unspecified atom stereocenters. The monoisotopic (exact) mass is 280 g/mol. The fourth-order valence-corrected chi connectivity index (χ4v) is 3.51. The summed E-state index contributed by atoms with van der Waals surface area (Å²) in [4.78, 5) is 2.57. The number of ether oxygens (including phenoxy) is 1. The zero-order valence-corrected chi connectivity index (χ0v) is 12.1. The SMILES string of the molecule is CNCC1CN(C2CCc3cc(Cl)ccc32)CCO1. The van der Waals surface area contributed by atoms with Crippen molar-refractivity contribution in [3.8, 4) is 0 Å². The smallest absolute Gasteiger partial charge is 0.0826 e. The number of rotatable bonds is 3. The first kappa shape index (κ1) is 13.4. The van der Waals surface area contributed by atoms with Crippen molar-refractivity contribution in [1.29, 1.82) is 0 Å². The zero-order chi connectivity index (χ0) is 13.2. The number of hydrogen-bond acceptors (Lipinski definition) is 3. The Morgan fingerprint density at radius 2 is 2.37 bits per heavy atom. The molecule has 3 nitrogen and oxygen atoms in total. The Morgan fingerprint density at radius 1 is 1.47 bits per heavy atom. The molecule has 4 heteroatoms. The van der Waals surface area contributed by atoms with Gasteiger partial charge in [0.2, 0.25) is 0 Å². The predicted molar refractivity (Wildman–Crippen MR) is 77.8 cm³/mol. The number of morpholine rings is 1. The number of aryl methyl sites for hydroxylation is 1. The van der Waals surface area contributed by atoms with E-state index >= 15 is 0 Å². The highest BCUT2D eigenvalue weighted by molar-refractivity contribution is 6.30. The van der Waals surface area contributed by atoms with Crippen molar-refractivity contribution in [3.63, 3.8) is 0 Å². The van der Waals surface area contributed by atoms with E-state index in [1.54, 1.807) is 0 Å². The molecule has 0 bridgehead atoms. The summed E-state index contributed by atoms with van der Waals surface area (Å²) in [6.07, 6.45) is 2.67. The molecule has 1 aliphatic heterocycles. The summed E-state index contributed by atoms with van der Waals surface area (Å²) >= 11 is 6.08. The van der Waals surface area contributed by atoms with Crippen LogP contribution in [-0.2, 0) is 11.2 Å². The van der Waals surface area contributed by atoms with Gasteiger partial charge in [-0.2, -0.15) is 0 Å². The van der Waals surface area contributed by atoms with E-state index in [2.05, 4.69) is 22.3 Å². The fourth-order valence-electron chi connectivity index (χ4n) is 3.32. The summed E-state index contributed by atoms with van der Waals surface area (Å²) in [5.41, 5.74) is 2.89. The molecule has 19 heavy (non-hydrogen) atoms. The van der Waals surface area contributed by atoms with Gasteiger partial charge in [0.15, 0.2) is 0 Å². The van der Waals surface area contributed by atoms with E-state index < -0.39 is 0 Å². The molecule has 0 aromatic heterocycles.